The summed E-state index contributed by atoms with van der Waals surface area (Å²) in [6, 6.07) is 1.18. The number of carboxylic acid groups (broad SMARTS) is 2. The first kappa shape index (κ1) is 9.72. The molecule has 0 unspecified atom stereocenters. The van der Waals surface area contributed by atoms with Gasteiger partial charge in [-0.1, -0.05) is 0 Å². The van der Waals surface area contributed by atoms with E-state index in [1.54, 1.807) is 0 Å². The van der Waals surface area contributed by atoms with Gasteiger partial charge in [0.1, 0.15) is 5.69 Å². The van der Waals surface area contributed by atoms with Gasteiger partial charge in [-0.2, -0.15) is 0 Å². The molecule has 0 radical (unpaired) electrons. The molecule has 1 aliphatic rings. The first-order valence-corrected chi connectivity index (χ1v) is 4.38. The Hall–Kier alpha value is -1.82. The highest BCUT2D eigenvalue weighted by molar-refractivity contribution is 5.94. The Morgan fingerprint density at radius 2 is 2.07 bits per heavy atom. The van der Waals surface area contributed by atoms with Crippen LogP contribution in [0.2, 0.25) is 0 Å². The smallest absolute Gasteiger partial charge is 0.352 e. The summed E-state index contributed by atoms with van der Waals surface area (Å²) in [6.07, 6.45) is 0. The van der Waals surface area contributed by atoms with Crippen LogP contribution in [-0.2, 0) is 17.9 Å². The van der Waals surface area contributed by atoms with Gasteiger partial charge in [-0.05, 0) is 6.07 Å². The lowest BCUT2D eigenvalue weighted by Gasteiger charge is -2.17. The summed E-state index contributed by atoms with van der Waals surface area (Å²) < 4.78 is 6.58. The average Bonchev–Trinajstić information content (AvgIpc) is 2.56. The molecular formula is C9H9NO5. The molecule has 0 saturated carbocycles. The number of carboxylic acids is 2. The fourth-order valence-electron chi connectivity index (χ4n) is 1.69. The zero-order valence-electron chi connectivity index (χ0n) is 7.77. The van der Waals surface area contributed by atoms with Gasteiger partial charge in [0.15, 0.2) is 0 Å². The van der Waals surface area contributed by atoms with Gasteiger partial charge in [0.25, 0.3) is 0 Å². The van der Waals surface area contributed by atoms with E-state index in [2.05, 4.69) is 0 Å². The van der Waals surface area contributed by atoms with Gasteiger partial charge in [-0.25, -0.2) is 9.59 Å². The Morgan fingerprint density at radius 1 is 1.33 bits per heavy atom. The maximum Gasteiger partial charge on any atom is 0.352 e. The number of hydrogen-bond acceptors (Lipinski definition) is 3. The zero-order chi connectivity index (χ0) is 11.0. The summed E-state index contributed by atoms with van der Waals surface area (Å²) >= 11 is 0. The highest BCUT2D eigenvalue weighted by Crippen LogP contribution is 2.20. The van der Waals surface area contributed by atoms with Crippen molar-refractivity contribution in [3.63, 3.8) is 0 Å². The summed E-state index contributed by atoms with van der Waals surface area (Å²) in [6.45, 7) is 0.931. The molecule has 0 amide bonds. The van der Waals surface area contributed by atoms with Crippen molar-refractivity contribution in [2.24, 2.45) is 0 Å². The second-order valence-electron chi connectivity index (χ2n) is 3.20. The Bertz CT molecular complexity index is 395. The largest absolute Gasteiger partial charge is 0.478 e. The van der Waals surface area contributed by atoms with Gasteiger partial charge in [-0.3, -0.25) is 0 Å². The van der Waals surface area contributed by atoms with Gasteiger partial charge in [0.05, 0.1) is 24.5 Å². The minimum Gasteiger partial charge on any atom is -0.478 e. The molecule has 0 aliphatic carbocycles. The van der Waals surface area contributed by atoms with E-state index in [1.165, 1.54) is 10.6 Å². The minimum absolute atomic E-state index is 0.00528. The third-order valence-corrected chi connectivity index (χ3v) is 2.36. The third-order valence-electron chi connectivity index (χ3n) is 2.36. The van der Waals surface area contributed by atoms with E-state index >= 15 is 0 Å². The van der Waals surface area contributed by atoms with E-state index in [4.69, 9.17) is 14.9 Å². The topological polar surface area (TPSA) is 88.8 Å². The number of rotatable bonds is 2. The molecule has 6 nitrogen and oxygen atoms in total. The Morgan fingerprint density at radius 3 is 2.67 bits per heavy atom. The van der Waals surface area contributed by atoms with Crippen LogP contribution in [0.15, 0.2) is 6.07 Å². The number of fused-ring (bicyclic) bond motifs is 1. The average molecular weight is 211 g/mol. The van der Waals surface area contributed by atoms with Crippen LogP contribution >= 0.6 is 0 Å². The quantitative estimate of drug-likeness (QED) is 0.739. The van der Waals surface area contributed by atoms with Crippen LogP contribution < -0.4 is 0 Å². The monoisotopic (exact) mass is 211 g/mol. The number of nitrogens with zero attached hydrogens (tertiary/aromatic N) is 1. The van der Waals surface area contributed by atoms with E-state index < -0.39 is 11.9 Å². The fourth-order valence-corrected chi connectivity index (χ4v) is 1.69. The Balaban J connectivity index is 2.59. The van der Waals surface area contributed by atoms with Crippen molar-refractivity contribution in [1.82, 2.24) is 4.57 Å². The summed E-state index contributed by atoms with van der Waals surface area (Å²) in [4.78, 5) is 21.7. The second-order valence-corrected chi connectivity index (χ2v) is 3.20. The number of aromatic nitrogens is 1. The summed E-state index contributed by atoms with van der Waals surface area (Å²) in [5.41, 5.74) is 0.434. The minimum atomic E-state index is -1.13. The van der Waals surface area contributed by atoms with E-state index in [9.17, 15) is 9.59 Å². The van der Waals surface area contributed by atoms with Gasteiger partial charge in [0.2, 0.25) is 0 Å². The number of aromatic carboxylic acids is 2. The zero-order valence-corrected chi connectivity index (χ0v) is 7.77. The van der Waals surface area contributed by atoms with Crippen molar-refractivity contribution in [3.05, 3.63) is 23.0 Å². The number of hydrogen-bond donors (Lipinski definition) is 2. The lowest BCUT2D eigenvalue weighted by molar-refractivity contribution is 0.0620. The molecular weight excluding hydrogens is 202 g/mol. The van der Waals surface area contributed by atoms with E-state index in [1.807, 2.05) is 0 Å². The van der Waals surface area contributed by atoms with Gasteiger partial charge in [0, 0.05) is 6.54 Å². The second kappa shape index (κ2) is 3.39. The van der Waals surface area contributed by atoms with Crippen molar-refractivity contribution in [2.45, 2.75) is 13.2 Å². The molecule has 0 atom stereocenters. The molecule has 0 saturated heterocycles. The molecule has 15 heavy (non-hydrogen) atoms. The highest BCUT2D eigenvalue weighted by Gasteiger charge is 2.25. The molecule has 2 heterocycles. The predicted molar refractivity (Wildman–Crippen MR) is 48.0 cm³/mol. The highest BCUT2D eigenvalue weighted by atomic mass is 16.5. The molecule has 2 N–H and O–H groups in total. The maximum atomic E-state index is 10.9. The van der Waals surface area contributed by atoms with E-state index in [0.717, 1.165) is 0 Å². The Labute approximate surface area is 84.7 Å². The molecule has 2 rings (SSSR count). The predicted octanol–water partition coefficient (Wildman–Crippen LogP) is 0.415. The lowest BCUT2D eigenvalue weighted by atomic mass is 10.2. The lowest BCUT2D eigenvalue weighted by Crippen LogP contribution is -2.21. The third kappa shape index (κ3) is 1.48. The summed E-state index contributed by atoms with van der Waals surface area (Å²) in [5, 5.41) is 17.8. The van der Waals surface area contributed by atoms with Crippen LogP contribution in [-0.4, -0.2) is 33.3 Å². The van der Waals surface area contributed by atoms with Crippen LogP contribution in [0.5, 0.6) is 0 Å². The number of ether oxygens (including phenoxy) is 1. The van der Waals surface area contributed by atoms with Crippen LogP contribution in [0, 0.1) is 0 Å². The summed E-state index contributed by atoms with van der Waals surface area (Å²) in [5.74, 6) is -2.25. The molecule has 80 valence electrons. The van der Waals surface area contributed by atoms with E-state index in [0.29, 0.717) is 18.8 Å². The van der Waals surface area contributed by atoms with Crippen molar-refractivity contribution in [1.29, 1.82) is 0 Å². The normalized spacial score (nSPS) is 14.7. The first-order valence-electron chi connectivity index (χ1n) is 4.38. The molecule has 1 aromatic heterocycles. The van der Waals surface area contributed by atoms with Crippen molar-refractivity contribution in [3.8, 4) is 0 Å². The standard InChI is InChI=1S/C9H9NO5/c11-8(12)5-3-6(9(13)14)10-1-2-15-4-7(5)10/h3H,1-2,4H2,(H,11,12)(H,13,14). The van der Waals surface area contributed by atoms with Crippen molar-refractivity contribution >= 4 is 11.9 Å². The molecule has 0 fully saturated rings. The van der Waals surface area contributed by atoms with Gasteiger partial charge >= 0.3 is 11.9 Å². The molecule has 0 spiro atoms. The Kier molecular flexibility index (Phi) is 2.20. The van der Waals surface area contributed by atoms with Crippen LogP contribution in [0.1, 0.15) is 26.5 Å². The van der Waals surface area contributed by atoms with Gasteiger partial charge in [-0.15, -0.1) is 0 Å². The van der Waals surface area contributed by atoms with Crippen molar-refractivity contribution in [2.75, 3.05) is 6.61 Å². The summed E-state index contributed by atoms with van der Waals surface area (Å²) in [7, 11) is 0. The van der Waals surface area contributed by atoms with E-state index in [-0.39, 0.29) is 17.9 Å². The maximum absolute atomic E-state index is 10.9. The molecule has 6 heteroatoms. The first-order chi connectivity index (χ1) is 7.11. The molecule has 1 aromatic rings. The van der Waals surface area contributed by atoms with Crippen LogP contribution in [0.3, 0.4) is 0 Å². The fraction of sp³-hybridized carbons (Fsp3) is 0.333. The molecule has 0 bridgehead atoms. The van der Waals surface area contributed by atoms with Crippen LogP contribution in [0.25, 0.3) is 0 Å². The van der Waals surface area contributed by atoms with Crippen molar-refractivity contribution < 1.29 is 24.5 Å². The molecule has 0 aromatic carbocycles. The molecule has 1 aliphatic heterocycles. The van der Waals surface area contributed by atoms with Crippen LogP contribution in [0.4, 0.5) is 0 Å². The van der Waals surface area contributed by atoms with Gasteiger partial charge < -0.3 is 19.5 Å². The number of carbonyl (C=O) groups is 2. The SMILES string of the molecule is O=C(O)c1cc(C(=O)O)n2c1COCC2.